The molecule has 0 aliphatic heterocycles. The van der Waals surface area contributed by atoms with Crippen LogP contribution in [0.25, 0.3) is 0 Å². The summed E-state index contributed by atoms with van der Waals surface area (Å²) in [5.74, 6) is 0.484. The van der Waals surface area contributed by atoms with Gasteiger partial charge < -0.3 is 10.6 Å². The van der Waals surface area contributed by atoms with Crippen molar-refractivity contribution in [1.29, 1.82) is 0 Å². The van der Waals surface area contributed by atoms with Crippen molar-refractivity contribution >= 4 is 35.0 Å². The maximum Gasteiger partial charge on any atom is 0.232 e. The fourth-order valence-electron chi connectivity index (χ4n) is 1.82. The number of rotatable bonds is 5. The molecule has 0 saturated carbocycles. The molecule has 0 aliphatic rings. The van der Waals surface area contributed by atoms with Crippen LogP contribution in [0.4, 0.5) is 5.69 Å². The number of thioether (sulfide) groups is 1. The van der Waals surface area contributed by atoms with Gasteiger partial charge in [-0.3, -0.25) is 4.79 Å². The van der Waals surface area contributed by atoms with Crippen molar-refractivity contribution in [2.24, 2.45) is 0 Å². The third-order valence-corrected chi connectivity index (χ3v) is 4.21. The minimum Gasteiger partial charge on any atom is -0.399 e. The van der Waals surface area contributed by atoms with Gasteiger partial charge in [-0.1, -0.05) is 23.7 Å². The van der Waals surface area contributed by atoms with E-state index in [-0.39, 0.29) is 5.91 Å². The molecule has 2 N–H and O–H groups in total. The molecule has 1 amide bonds. The Morgan fingerprint density at radius 1 is 1.24 bits per heavy atom. The zero-order valence-corrected chi connectivity index (χ0v) is 13.3. The van der Waals surface area contributed by atoms with Gasteiger partial charge in [0.2, 0.25) is 5.91 Å². The van der Waals surface area contributed by atoms with Gasteiger partial charge in [-0.25, -0.2) is 0 Å². The predicted octanol–water partition coefficient (Wildman–Crippen LogP) is 3.67. The molecule has 0 saturated heterocycles. The van der Waals surface area contributed by atoms with Gasteiger partial charge in [0.25, 0.3) is 0 Å². The Hall–Kier alpha value is -1.65. The highest BCUT2D eigenvalue weighted by molar-refractivity contribution is 8.00. The standard InChI is InChI=1S/C16H17ClN2OS/c1-19(10-12-3-2-4-13(17)9-12)16(20)11-21-15-7-5-14(18)6-8-15/h2-9H,10-11,18H2,1H3. The van der Waals surface area contributed by atoms with Crippen LogP contribution >= 0.6 is 23.4 Å². The van der Waals surface area contributed by atoms with Crippen LogP contribution in [0.3, 0.4) is 0 Å². The van der Waals surface area contributed by atoms with E-state index >= 15 is 0 Å². The number of nitrogens with zero attached hydrogens (tertiary/aromatic N) is 1. The highest BCUT2D eigenvalue weighted by atomic mass is 35.5. The molecule has 0 fully saturated rings. The molecule has 3 nitrogen and oxygen atoms in total. The Kier molecular flexibility index (Phi) is 5.53. The number of halogens is 1. The van der Waals surface area contributed by atoms with Crippen LogP contribution in [0.2, 0.25) is 5.02 Å². The lowest BCUT2D eigenvalue weighted by Crippen LogP contribution is -2.27. The first-order chi connectivity index (χ1) is 10.0. The Labute approximate surface area is 134 Å². The van der Waals surface area contributed by atoms with Crippen LogP contribution in [0.5, 0.6) is 0 Å². The average Bonchev–Trinajstić information content (AvgIpc) is 2.46. The first-order valence-corrected chi connectivity index (χ1v) is 7.88. The molecule has 0 radical (unpaired) electrons. The Morgan fingerprint density at radius 3 is 2.62 bits per heavy atom. The van der Waals surface area contributed by atoms with E-state index in [1.807, 2.05) is 48.5 Å². The molecule has 0 aliphatic carbocycles. The van der Waals surface area contributed by atoms with Gasteiger partial charge in [-0.2, -0.15) is 0 Å². The molecule has 0 bridgehead atoms. The van der Waals surface area contributed by atoms with E-state index in [2.05, 4.69) is 0 Å². The lowest BCUT2D eigenvalue weighted by molar-refractivity contribution is -0.127. The minimum atomic E-state index is 0.0804. The maximum atomic E-state index is 12.1. The number of carbonyl (C=O) groups is 1. The monoisotopic (exact) mass is 320 g/mol. The first-order valence-electron chi connectivity index (χ1n) is 6.51. The number of nitrogen functional groups attached to an aromatic ring is 1. The smallest absolute Gasteiger partial charge is 0.232 e. The van der Waals surface area contributed by atoms with Gasteiger partial charge in [-0.05, 0) is 42.0 Å². The summed E-state index contributed by atoms with van der Waals surface area (Å²) in [4.78, 5) is 14.9. The minimum absolute atomic E-state index is 0.0804. The number of hydrogen-bond acceptors (Lipinski definition) is 3. The van der Waals surface area contributed by atoms with Crippen LogP contribution in [0.1, 0.15) is 5.56 Å². The lowest BCUT2D eigenvalue weighted by Gasteiger charge is -2.17. The van der Waals surface area contributed by atoms with E-state index in [4.69, 9.17) is 17.3 Å². The SMILES string of the molecule is CN(Cc1cccc(Cl)c1)C(=O)CSc1ccc(N)cc1. The number of nitrogens with two attached hydrogens (primary N) is 1. The van der Waals surface area contributed by atoms with Crippen molar-refractivity contribution in [1.82, 2.24) is 4.90 Å². The van der Waals surface area contributed by atoms with Crippen LogP contribution in [0, 0.1) is 0 Å². The van der Waals surface area contributed by atoms with Crippen molar-refractivity contribution in [2.45, 2.75) is 11.4 Å². The molecule has 0 heterocycles. The molecule has 2 aromatic rings. The average molecular weight is 321 g/mol. The molecule has 21 heavy (non-hydrogen) atoms. The number of benzene rings is 2. The number of hydrogen-bond donors (Lipinski definition) is 1. The second-order valence-electron chi connectivity index (χ2n) is 4.74. The van der Waals surface area contributed by atoms with Crippen LogP contribution in [-0.2, 0) is 11.3 Å². The van der Waals surface area contributed by atoms with Crippen molar-refractivity contribution in [3.63, 3.8) is 0 Å². The molecule has 0 unspecified atom stereocenters. The molecule has 0 spiro atoms. The molecule has 2 aromatic carbocycles. The summed E-state index contributed by atoms with van der Waals surface area (Å²) in [5.41, 5.74) is 7.38. The second-order valence-corrected chi connectivity index (χ2v) is 6.22. The Balaban J connectivity index is 1.86. The van der Waals surface area contributed by atoms with E-state index in [1.165, 1.54) is 11.8 Å². The predicted molar refractivity (Wildman–Crippen MR) is 89.5 cm³/mol. The van der Waals surface area contributed by atoms with Crippen molar-refractivity contribution in [3.8, 4) is 0 Å². The summed E-state index contributed by atoms with van der Waals surface area (Å²) in [5, 5.41) is 0.685. The zero-order chi connectivity index (χ0) is 15.2. The first kappa shape index (κ1) is 15.7. The molecule has 0 atom stereocenters. The molecule has 110 valence electrons. The summed E-state index contributed by atoms with van der Waals surface area (Å²) in [7, 11) is 1.80. The van der Waals surface area contributed by atoms with Gasteiger partial charge in [0, 0.05) is 29.2 Å². The molecule has 2 rings (SSSR count). The quantitative estimate of drug-likeness (QED) is 0.675. The van der Waals surface area contributed by atoms with Gasteiger partial charge in [0.1, 0.15) is 0 Å². The van der Waals surface area contributed by atoms with E-state index in [0.29, 0.717) is 17.3 Å². The van der Waals surface area contributed by atoms with E-state index in [0.717, 1.165) is 16.1 Å². The summed E-state index contributed by atoms with van der Waals surface area (Å²) < 4.78 is 0. The van der Waals surface area contributed by atoms with Crippen molar-refractivity contribution in [2.75, 3.05) is 18.5 Å². The highest BCUT2D eigenvalue weighted by Gasteiger charge is 2.10. The van der Waals surface area contributed by atoms with Crippen LogP contribution in [-0.4, -0.2) is 23.6 Å². The number of amides is 1. The molecular weight excluding hydrogens is 304 g/mol. The van der Waals surface area contributed by atoms with Gasteiger partial charge in [0.15, 0.2) is 0 Å². The Morgan fingerprint density at radius 2 is 1.95 bits per heavy atom. The number of anilines is 1. The van der Waals surface area contributed by atoms with E-state index in [9.17, 15) is 4.79 Å². The fraction of sp³-hybridized carbons (Fsp3) is 0.188. The van der Waals surface area contributed by atoms with Crippen molar-refractivity contribution in [3.05, 3.63) is 59.1 Å². The molecule has 0 aromatic heterocycles. The summed E-state index contributed by atoms with van der Waals surface area (Å²) >= 11 is 7.45. The summed E-state index contributed by atoms with van der Waals surface area (Å²) in [6.45, 7) is 0.557. The van der Waals surface area contributed by atoms with E-state index < -0.39 is 0 Å². The number of carbonyl (C=O) groups excluding carboxylic acids is 1. The van der Waals surface area contributed by atoms with Gasteiger partial charge in [-0.15, -0.1) is 11.8 Å². The van der Waals surface area contributed by atoms with Crippen LogP contribution in [0.15, 0.2) is 53.4 Å². The third-order valence-electron chi connectivity index (χ3n) is 2.98. The Bertz CT molecular complexity index is 616. The van der Waals surface area contributed by atoms with E-state index in [1.54, 1.807) is 11.9 Å². The fourth-order valence-corrected chi connectivity index (χ4v) is 2.87. The molecule has 5 heteroatoms. The normalized spacial score (nSPS) is 10.4. The summed E-state index contributed by atoms with van der Waals surface area (Å²) in [6, 6.07) is 15.1. The lowest BCUT2D eigenvalue weighted by atomic mass is 10.2. The topological polar surface area (TPSA) is 46.3 Å². The second kappa shape index (κ2) is 7.38. The summed E-state index contributed by atoms with van der Waals surface area (Å²) in [6.07, 6.45) is 0. The largest absolute Gasteiger partial charge is 0.399 e. The van der Waals surface area contributed by atoms with Crippen molar-refractivity contribution < 1.29 is 4.79 Å². The van der Waals surface area contributed by atoms with Gasteiger partial charge >= 0.3 is 0 Å². The zero-order valence-electron chi connectivity index (χ0n) is 11.8. The molecular formula is C16H17ClN2OS. The highest BCUT2D eigenvalue weighted by Crippen LogP contribution is 2.20. The maximum absolute atomic E-state index is 12.1. The van der Waals surface area contributed by atoms with Crippen LogP contribution < -0.4 is 5.73 Å². The van der Waals surface area contributed by atoms with Gasteiger partial charge in [0.05, 0.1) is 5.75 Å². The third kappa shape index (κ3) is 4.99.